The number of ether oxygens (including phenoxy) is 1. The van der Waals surface area contributed by atoms with E-state index in [-0.39, 0.29) is 5.28 Å². The van der Waals surface area contributed by atoms with Crippen molar-refractivity contribution in [3.8, 4) is 5.88 Å². The van der Waals surface area contributed by atoms with E-state index in [9.17, 15) is 0 Å². The number of nitrogens with zero attached hydrogens (tertiary/aromatic N) is 2. The van der Waals surface area contributed by atoms with Crippen LogP contribution in [0, 0.1) is 5.92 Å². The van der Waals surface area contributed by atoms with Crippen LogP contribution < -0.4 is 4.74 Å². The third-order valence-corrected chi connectivity index (χ3v) is 1.68. The van der Waals surface area contributed by atoms with E-state index in [4.69, 9.17) is 27.9 Å². The molecule has 0 saturated carbocycles. The van der Waals surface area contributed by atoms with E-state index in [1.807, 2.05) is 13.8 Å². The monoisotopic (exact) mass is 220 g/mol. The Morgan fingerprint density at radius 3 is 2.77 bits per heavy atom. The lowest BCUT2D eigenvalue weighted by Gasteiger charge is -2.08. The van der Waals surface area contributed by atoms with E-state index in [1.165, 1.54) is 6.20 Å². The van der Waals surface area contributed by atoms with Crippen molar-refractivity contribution in [3.63, 3.8) is 0 Å². The lowest BCUT2D eigenvalue weighted by molar-refractivity contribution is 0.261. The smallest absolute Gasteiger partial charge is 0.237 e. The Morgan fingerprint density at radius 1 is 1.46 bits per heavy atom. The Labute approximate surface area is 87.1 Å². The lowest BCUT2D eigenvalue weighted by Crippen LogP contribution is -2.06. The molecule has 0 aliphatic heterocycles. The van der Waals surface area contributed by atoms with E-state index in [0.717, 1.165) is 0 Å². The largest absolute Gasteiger partial charge is 0.476 e. The van der Waals surface area contributed by atoms with Gasteiger partial charge in [-0.2, -0.15) is 4.98 Å². The molecule has 1 aromatic rings. The zero-order chi connectivity index (χ0) is 9.84. The standard InChI is InChI=1S/C8H10Cl2N2O/c1-5(2)4-13-7-6(9)3-11-8(10)12-7/h3,5H,4H2,1-2H3. The number of halogens is 2. The summed E-state index contributed by atoms with van der Waals surface area (Å²) in [5.74, 6) is 0.764. The molecule has 0 saturated heterocycles. The molecule has 0 N–H and O–H groups in total. The quantitative estimate of drug-likeness (QED) is 0.736. The van der Waals surface area contributed by atoms with Crippen molar-refractivity contribution >= 4 is 23.2 Å². The molecule has 3 nitrogen and oxygen atoms in total. The molecular formula is C8H10Cl2N2O. The fourth-order valence-corrected chi connectivity index (χ4v) is 0.949. The minimum Gasteiger partial charge on any atom is -0.476 e. The summed E-state index contributed by atoms with van der Waals surface area (Å²) in [7, 11) is 0. The van der Waals surface area contributed by atoms with Crippen LogP contribution in [0.25, 0.3) is 0 Å². The van der Waals surface area contributed by atoms with Crippen molar-refractivity contribution in [2.24, 2.45) is 5.92 Å². The maximum absolute atomic E-state index is 5.77. The minimum absolute atomic E-state index is 0.142. The number of aromatic nitrogens is 2. The average Bonchev–Trinajstić information content (AvgIpc) is 2.06. The van der Waals surface area contributed by atoms with Gasteiger partial charge in [0.05, 0.1) is 12.8 Å². The summed E-state index contributed by atoms with van der Waals surface area (Å²) in [5.41, 5.74) is 0. The molecule has 13 heavy (non-hydrogen) atoms. The molecule has 0 aliphatic carbocycles. The second kappa shape index (κ2) is 4.63. The van der Waals surface area contributed by atoms with E-state index in [1.54, 1.807) is 0 Å². The molecule has 1 rings (SSSR count). The van der Waals surface area contributed by atoms with Crippen LogP contribution in [0.1, 0.15) is 13.8 Å². The molecule has 0 radical (unpaired) electrons. The maximum atomic E-state index is 5.77. The van der Waals surface area contributed by atoms with Gasteiger partial charge < -0.3 is 4.74 Å². The van der Waals surface area contributed by atoms with Crippen LogP contribution >= 0.6 is 23.2 Å². The summed E-state index contributed by atoms with van der Waals surface area (Å²) in [6.07, 6.45) is 1.42. The van der Waals surface area contributed by atoms with Crippen molar-refractivity contribution < 1.29 is 4.74 Å². The molecule has 0 atom stereocenters. The molecule has 0 amide bonds. The van der Waals surface area contributed by atoms with Crippen molar-refractivity contribution in [2.45, 2.75) is 13.8 Å². The van der Waals surface area contributed by atoms with Crippen molar-refractivity contribution in [1.29, 1.82) is 0 Å². The number of hydrogen-bond acceptors (Lipinski definition) is 3. The highest BCUT2D eigenvalue weighted by Gasteiger charge is 2.05. The van der Waals surface area contributed by atoms with Gasteiger partial charge in [-0.05, 0) is 17.5 Å². The second-order valence-corrected chi connectivity index (χ2v) is 3.74. The SMILES string of the molecule is CC(C)COc1nc(Cl)ncc1Cl. The van der Waals surface area contributed by atoms with Crippen LogP contribution in [0.2, 0.25) is 10.3 Å². The zero-order valence-corrected chi connectivity index (χ0v) is 8.93. The Bertz CT molecular complexity index is 291. The molecule has 0 spiro atoms. The fraction of sp³-hybridized carbons (Fsp3) is 0.500. The summed E-state index contributed by atoms with van der Waals surface area (Å²) in [6.45, 7) is 4.64. The van der Waals surface area contributed by atoms with E-state index >= 15 is 0 Å². The molecule has 1 heterocycles. The molecule has 72 valence electrons. The van der Waals surface area contributed by atoms with Crippen LogP contribution in [0.3, 0.4) is 0 Å². The molecule has 0 aliphatic rings. The number of hydrogen-bond donors (Lipinski definition) is 0. The Balaban J connectivity index is 2.70. The predicted molar refractivity (Wildman–Crippen MR) is 52.4 cm³/mol. The topological polar surface area (TPSA) is 35.0 Å². The van der Waals surface area contributed by atoms with Crippen molar-refractivity contribution in [3.05, 3.63) is 16.5 Å². The van der Waals surface area contributed by atoms with Gasteiger partial charge in [-0.25, -0.2) is 4.98 Å². The Morgan fingerprint density at radius 2 is 2.15 bits per heavy atom. The van der Waals surface area contributed by atoms with Gasteiger partial charge in [0.15, 0.2) is 0 Å². The van der Waals surface area contributed by atoms with Crippen LogP contribution in [0.4, 0.5) is 0 Å². The van der Waals surface area contributed by atoms with E-state index in [2.05, 4.69) is 9.97 Å². The van der Waals surface area contributed by atoms with Gasteiger partial charge in [-0.1, -0.05) is 25.4 Å². The van der Waals surface area contributed by atoms with Crippen molar-refractivity contribution in [2.75, 3.05) is 6.61 Å². The predicted octanol–water partition coefficient (Wildman–Crippen LogP) is 2.82. The molecule has 0 aromatic carbocycles. The van der Waals surface area contributed by atoms with Gasteiger partial charge in [0.2, 0.25) is 11.2 Å². The molecular weight excluding hydrogens is 211 g/mol. The summed E-state index contributed by atoms with van der Waals surface area (Å²) in [6, 6.07) is 0. The second-order valence-electron chi connectivity index (χ2n) is 3.00. The van der Waals surface area contributed by atoms with Gasteiger partial charge in [0.1, 0.15) is 5.02 Å². The van der Waals surface area contributed by atoms with Gasteiger partial charge in [-0.15, -0.1) is 0 Å². The number of rotatable bonds is 3. The lowest BCUT2D eigenvalue weighted by atomic mass is 10.2. The first-order valence-corrected chi connectivity index (χ1v) is 4.66. The van der Waals surface area contributed by atoms with Crippen molar-refractivity contribution in [1.82, 2.24) is 9.97 Å². The van der Waals surface area contributed by atoms with E-state index < -0.39 is 0 Å². The highest BCUT2D eigenvalue weighted by Crippen LogP contribution is 2.22. The molecule has 0 bridgehead atoms. The molecule has 0 unspecified atom stereocenters. The molecule has 5 heteroatoms. The van der Waals surface area contributed by atoms with Gasteiger partial charge in [0, 0.05) is 0 Å². The first-order valence-electron chi connectivity index (χ1n) is 3.90. The first kappa shape index (κ1) is 10.5. The van der Waals surface area contributed by atoms with Gasteiger partial charge in [0.25, 0.3) is 0 Å². The summed E-state index contributed by atoms with van der Waals surface area (Å²) < 4.78 is 5.31. The summed E-state index contributed by atoms with van der Waals surface area (Å²) >= 11 is 11.3. The first-order chi connectivity index (χ1) is 6.09. The van der Waals surface area contributed by atoms with Crippen LogP contribution in [0.15, 0.2) is 6.20 Å². The average molecular weight is 221 g/mol. The third kappa shape index (κ3) is 3.36. The molecule has 1 aromatic heterocycles. The maximum Gasteiger partial charge on any atom is 0.237 e. The Kier molecular flexibility index (Phi) is 3.75. The van der Waals surface area contributed by atoms with Crippen LogP contribution in [0.5, 0.6) is 5.88 Å². The van der Waals surface area contributed by atoms with Crippen LogP contribution in [-0.4, -0.2) is 16.6 Å². The van der Waals surface area contributed by atoms with E-state index in [0.29, 0.717) is 23.4 Å². The zero-order valence-electron chi connectivity index (χ0n) is 7.42. The molecule has 0 fully saturated rings. The normalized spacial score (nSPS) is 10.5. The van der Waals surface area contributed by atoms with Gasteiger partial charge >= 0.3 is 0 Å². The third-order valence-electron chi connectivity index (χ3n) is 1.24. The summed E-state index contributed by atoms with van der Waals surface area (Å²) in [4.78, 5) is 7.55. The van der Waals surface area contributed by atoms with Gasteiger partial charge in [-0.3, -0.25) is 0 Å². The highest BCUT2D eigenvalue weighted by molar-refractivity contribution is 6.32. The highest BCUT2D eigenvalue weighted by atomic mass is 35.5. The minimum atomic E-state index is 0.142. The Hall–Kier alpha value is -0.540. The summed E-state index contributed by atoms with van der Waals surface area (Å²) in [5, 5.41) is 0.521. The van der Waals surface area contributed by atoms with Crippen LogP contribution in [-0.2, 0) is 0 Å². The fourth-order valence-electron chi connectivity index (χ4n) is 0.678.